The van der Waals surface area contributed by atoms with E-state index in [-0.39, 0.29) is 0 Å². The standard InChI is InChI=1S/C15H24N2/c16-12-15(17-14-8-4-5-9-14)11-10-13-6-2-1-3-7-13/h1-3,6-7,14-15,17H,4-5,8-12,16H2. The molecule has 1 aliphatic carbocycles. The van der Waals surface area contributed by atoms with Crippen molar-refractivity contribution in [3.05, 3.63) is 35.9 Å². The van der Waals surface area contributed by atoms with Gasteiger partial charge in [-0.3, -0.25) is 0 Å². The van der Waals surface area contributed by atoms with Crippen molar-refractivity contribution in [1.29, 1.82) is 0 Å². The van der Waals surface area contributed by atoms with E-state index in [1.807, 2.05) is 0 Å². The Morgan fingerprint density at radius 3 is 2.53 bits per heavy atom. The zero-order valence-electron chi connectivity index (χ0n) is 10.6. The first kappa shape index (κ1) is 12.6. The van der Waals surface area contributed by atoms with Crippen LogP contribution in [0.25, 0.3) is 0 Å². The van der Waals surface area contributed by atoms with Gasteiger partial charge in [0.2, 0.25) is 0 Å². The number of nitrogens with two attached hydrogens (primary N) is 1. The Bertz CT molecular complexity index is 304. The molecule has 1 fully saturated rings. The lowest BCUT2D eigenvalue weighted by atomic mass is 10.0. The maximum Gasteiger partial charge on any atom is 0.0196 e. The van der Waals surface area contributed by atoms with Crippen molar-refractivity contribution in [2.24, 2.45) is 5.73 Å². The summed E-state index contributed by atoms with van der Waals surface area (Å²) in [4.78, 5) is 0. The summed E-state index contributed by atoms with van der Waals surface area (Å²) in [6.45, 7) is 0.753. The van der Waals surface area contributed by atoms with Gasteiger partial charge in [0.05, 0.1) is 0 Å². The van der Waals surface area contributed by atoms with Crippen LogP contribution in [0.1, 0.15) is 37.7 Å². The summed E-state index contributed by atoms with van der Waals surface area (Å²) in [6, 6.07) is 11.9. The molecule has 0 saturated heterocycles. The van der Waals surface area contributed by atoms with E-state index in [0.717, 1.165) is 25.4 Å². The van der Waals surface area contributed by atoms with Gasteiger partial charge in [-0.1, -0.05) is 43.2 Å². The van der Waals surface area contributed by atoms with E-state index >= 15 is 0 Å². The van der Waals surface area contributed by atoms with Gasteiger partial charge in [-0.25, -0.2) is 0 Å². The lowest BCUT2D eigenvalue weighted by Gasteiger charge is -2.21. The van der Waals surface area contributed by atoms with E-state index in [9.17, 15) is 0 Å². The van der Waals surface area contributed by atoms with Crippen molar-refractivity contribution in [2.75, 3.05) is 6.54 Å². The van der Waals surface area contributed by atoms with Crippen LogP contribution in [0.4, 0.5) is 0 Å². The fraction of sp³-hybridized carbons (Fsp3) is 0.600. The zero-order valence-corrected chi connectivity index (χ0v) is 10.6. The molecule has 94 valence electrons. The molecule has 1 aliphatic rings. The van der Waals surface area contributed by atoms with Crippen LogP contribution in [0.5, 0.6) is 0 Å². The van der Waals surface area contributed by atoms with E-state index in [1.54, 1.807) is 0 Å². The smallest absolute Gasteiger partial charge is 0.0196 e. The molecule has 0 aromatic heterocycles. The molecule has 1 aromatic carbocycles. The molecule has 0 aliphatic heterocycles. The Morgan fingerprint density at radius 1 is 1.18 bits per heavy atom. The number of hydrogen-bond acceptors (Lipinski definition) is 2. The van der Waals surface area contributed by atoms with Crippen LogP contribution < -0.4 is 11.1 Å². The predicted molar refractivity (Wildman–Crippen MR) is 73.0 cm³/mol. The Morgan fingerprint density at radius 2 is 1.88 bits per heavy atom. The SMILES string of the molecule is NCC(CCc1ccccc1)NC1CCCC1. The van der Waals surface area contributed by atoms with Crippen molar-refractivity contribution < 1.29 is 0 Å². The van der Waals surface area contributed by atoms with E-state index in [1.165, 1.54) is 31.2 Å². The molecule has 0 amide bonds. The summed E-state index contributed by atoms with van der Waals surface area (Å²) in [5.74, 6) is 0. The lowest BCUT2D eigenvalue weighted by molar-refractivity contribution is 0.415. The molecule has 0 radical (unpaired) electrons. The van der Waals surface area contributed by atoms with Crippen LogP contribution in [0.2, 0.25) is 0 Å². The van der Waals surface area contributed by atoms with Crippen molar-refractivity contribution in [2.45, 2.75) is 50.6 Å². The molecule has 0 bridgehead atoms. The molecular formula is C15H24N2. The fourth-order valence-electron chi connectivity index (χ4n) is 2.68. The average molecular weight is 232 g/mol. The van der Waals surface area contributed by atoms with Crippen molar-refractivity contribution >= 4 is 0 Å². The van der Waals surface area contributed by atoms with Crippen molar-refractivity contribution in [3.8, 4) is 0 Å². The van der Waals surface area contributed by atoms with Crippen molar-refractivity contribution in [1.82, 2.24) is 5.32 Å². The molecule has 0 spiro atoms. The lowest BCUT2D eigenvalue weighted by Crippen LogP contribution is -2.41. The second-order valence-corrected chi connectivity index (χ2v) is 5.10. The highest BCUT2D eigenvalue weighted by atomic mass is 15.0. The van der Waals surface area contributed by atoms with Crippen LogP contribution >= 0.6 is 0 Å². The molecule has 1 saturated carbocycles. The number of benzene rings is 1. The predicted octanol–water partition coefficient (Wildman–Crippen LogP) is 2.48. The van der Waals surface area contributed by atoms with Crippen molar-refractivity contribution in [3.63, 3.8) is 0 Å². The fourth-order valence-corrected chi connectivity index (χ4v) is 2.68. The molecule has 2 rings (SSSR count). The van der Waals surface area contributed by atoms with Gasteiger partial charge < -0.3 is 11.1 Å². The summed E-state index contributed by atoms with van der Waals surface area (Å²) >= 11 is 0. The summed E-state index contributed by atoms with van der Waals surface area (Å²) in [6.07, 6.45) is 7.71. The third-order valence-corrected chi connectivity index (χ3v) is 3.74. The van der Waals surface area contributed by atoms with Crippen LogP contribution in [-0.4, -0.2) is 18.6 Å². The molecule has 2 nitrogen and oxygen atoms in total. The normalized spacial score (nSPS) is 18.4. The second kappa shape index (κ2) is 6.77. The van der Waals surface area contributed by atoms with Gasteiger partial charge in [0.25, 0.3) is 0 Å². The minimum atomic E-state index is 0.485. The van der Waals surface area contributed by atoms with Crippen LogP contribution in [-0.2, 0) is 6.42 Å². The third kappa shape index (κ3) is 4.14. The van der Waals surface area contributed by atoms with Gasteiger partial charge in [-0.15, -0.1) is 0 Å². The van der Waals surface area contributed by atoms with Gasteiger partial charge in [-0.05, 0) is 31.2 Å². The van der Waals surface area contributed by atoms with Gasteiger partial charge in [0, 0.05) is 18.6 Å². The first-order valence-electron chi connectivity index (χ1n) is 6.88. The highest BCUT2D eigenvalue weighted by Crippen LogP contribution is 2.18. The summed E-state index contributed by atoms with van der Waals surface area (Å²) in [5.41, 5.74) is 7.27. The van der Waals surface area contributed by atoms with Gasteiger partial charge in [-0.2, -0.15) is 0 Å². The Kier molecular flexibility index (Phi) is 5.02. The summed E-state index contributed by atoms with van der Waals surface area (Å²) < 4.78 is 0. The van der Waals surface area contributed by atoms with Crippen LogP contribution in [0.3, 0.4) is 0 Å². The molecule has 3 N–H and O–H groups in total. The van der Waals surface area contributed by atoms with Crippen LogP contribution in [0.15, 0.2) is 30.3 Å². The van der Waals surface area contributed by atoms with Gasteiger partial charge >= 0.3 is 0 Å². The maximum absolute atomic E-state index is 5.85. The molecule has 2 heteroatoms. The topological polar surface area (TPSA) is 38.0 Å². The maximum atomic E-state index is 5.85. The Labute approximate surface area is 105 Å². The molecule has 1 atom stereocenters. The minimum absolute atomic E-state index is 0.485. The molecule has 1 aromatic rings. The first-order chi connectivity index (χ1) is 8.38. The van der Waals surface area contributed by atoms with E-state index in [2.05, 4.69) is 35.6 Å². The summed E-state index contributed by atoms with van der Waals surface area (Å²) in [7, 11) is 0. The van der Waals surface area contributed by atoms with Gasteiger partial charge in [0.1, 0.15) is 0 Å². The minimum Gasteiger partial charge on any atom is -0.329 e. The quantitative estimate of drug-likeness (QED) is 0.791. The first-order valence-corrected chi connectivity index (χ1v) is 6.88. The highest BCUT2D eigenvalue weighted by molar-refractivity contribution is 5.14. The molecule has 17 heavy (non-hydrogen) atoms. The van der Waals surface area contributed by atoms with E-state index in [0.29, 0.717) is 6.04 Å². The largest absolute Gasteiger partial charge is 0.329 e. The highest BCUT2D eigenvalue weighted by Gasteiger charge is 2.17. The molecule has 1 unspecified atom stereocenters. The molecule has 0 heterocycles. The Hall–Kier alpha value is -0.860. The number of nitrogens with one attached hydrogen (secondary N) is 1. The monoisotopic (exact) mass is 232 g/mol. The van der Waals surface area contributed by atoms with Crippen LogP contribution in [0, 0.1) is 0 Å². The van der Waals surface area contributed by atoms with E-state index in [4.69, 9.17) is 5.73 Å². The third-order valence-electron chi connectivity index (χ3n) is 3.74. The number of rotatable bonds is 6. The number of aryl methyl sites for hydroxylation is 1. The summed E-state index contributed by atoms with van der Waals surface area (Å²) in [5, 5.41) is 3.71. The number of hydrogen-bond donors (Lipinski definition) is 2. The average Bonchev–Trinajstić information content (AvgIpc) is 2.88. The molecular weight excluding hydrogens is 208 g/mol. The van der Waals surface area contributed by atoms with Gasteiger partial charge in [0.15, 0.2) is 0 Å². The van der Waals surface area contributed by atoms with E-state index < -0.39 is 0 Å². The second-order valence-electron chi connectivity index (χ2n) is 5.10. The Balaban J connectivity index is 1.75. The zero-order chi connectivity index (χ0) is 11.9.